The van der Waals surface area contributed by atoms with Crippen molar-refractivity contribution in [2.24, 2.45) is 11.8 Å². The van der Waals surface area contributed by atoms with Crippen LogP contribution in [0.3, 0.4) is 0 Å². The molecule has 0 aliphatic carbocycles. The number of carbonyl (C=O) groups excluding carboxylic acids is 2. The molecule has 0 aromatic heterocycles. The summed E-state index contributed by atoms with van der Waals surface area (Å²) >= 11 is 0. The van der Waals surface area contributed by atoms with Crippen LogP contribution in [0.25, 0.3) is 0 Å². The largest absolute Gasteiger partial charge is 0.494 e. The van der Waals surface area contributed by atoms with Gasteiger partial charge in [0.05, 0.1) is 6.61 Å². The van der Waals surface area contributed by atoms with Gasteiger partial charge in [-0.2, -0.15) is 0 Å². The van der Waals surface area contributed by atoms with E-state index in [4.69, 9.17) is 9.84 Å². The highest BCUT2D eigenvalue weighted by molar-refractivity contribution is 5.92. The zero-order chi connectivity index (χ0) is 19.8. The molecule has 1 fully saturated rings. The Morgan fingerprint density at radius 2 is 1.81 bits per heavy atom. The molecule has 7 heteroatoms. The molecule has 2 rings (SSSR count). The number of hydrogen-bond acceptors (Lipinski definition) is 4. The summed E-state index contributed by atoms with van der Waals surface area (Å²) in [6.45, 7) is 5.36. The summed E-state index contributed by atoms with van der Waals surface area (Å²) in [5.41, 5.74) is 0.693. The monoisotopic (exact) mass is 376 g/mol. The molecule has 2 N–H and O–H groups in total. The van der Waals surface area contributed by atoms with Gasteiger partial charge in [-0.25, -0.2) is 0 Å². The second kappa shape index (κ2) is 9.94. The Morgan fingerprint density at radius 3 is 2.37 bits per heavy atom. The molecule has 1 heterocycles. The lowest BCUT2D eigenvalue weighted by Gasteiger charge is -2.32. The van der Waals surface area contributed by atoms with E-state index in [2.05, 4.69) is 5.32 Å². The Kier molecular flexibility index (Phi) is 7.64. The molecule has 0 bridgehead atoms. The van der Waals surface area contributed by atoms with E-state index in [-0.39, 0.29) is 30.1 Å². The number of carboxylic acids is 1. The van der Waals surface area contributed by atoms with Crippen LogP contribution in [-0.2, 0) is 14.4 Å². The average molecular weight is 376 g/mol. The maximum absolute atomic E-state index is 12.4. The number of piperidine rings is 1. The molecule has 0 radical (unpaired) electrons. The fourth-order valence-electron chi connectivity index (χ4n) is 3.02. The number of nitrogens with zero attached hydrogens (tertiary/aromatic N) is 1. The first-order valence-corrected chi connectivity index (χ1v) is 9.41. The minimum Gasteiger partial charge on any atom is -0.494 e. The molecule has 2 amide bonds. The van der Waals surface area contributed by atoms with Crippen LogP contribution < -0.4 is 10.1 Å². The lowest BCUT2D eigenvalue weighted by atomic mass is 9.95. The van der Waals surface area contributed by atoms with Gasteiger partial charge >= 0.3 is 5.97 Å². The van der Waals surface area contributed by atoms with Crippen molar-refractivity contribution >= 4 is 23.5 Å². The van der Waals surface area contributed by atoms with Gasteiger partial charge in [-0.05, 0) is 43.5 Å². The van der Waals surface area contributed by atoms with Gasteiger partial charge in [-0.15, -0.1) is 0 Å². The fraction of sp³-hybridized carbons (Fsp3) is 0.550. The molecule has 1 saturated heterocycles. The van der Waals surface area contributed by atoms with Gasteiger partial charge in [0.25, 0.3) is 0 Å². The summed E-state index contributed by atoms with van der Waals surface area (Å²) in [6, 6.07) is 7.03. The third kappa shape index (κ3) is 6.58. The van der Waals surface area contributed by atoms with E-state index in [1.807, 2.05) is 18.7 Å². The Morgan fingerprint density at radius 1 is 1.19 bits per heavy atom. The minimum atomic E-state index is -0.837. The number of likely N-dealkylation sites (tertiary alicyclic amines) is 1. The molecule has 7 nitrogen and oxygen atoms in total. The molecule has 1 aromatic rings. The highest BCUT2D eigenvalue weighted by atomic mass is 16.5. The van der Waals surface area contributed by atoms with E-state index in [9.17, 15) is 14.4 Å². The number of nitrogens with one attached hydrogen (secondary N) is 1. The molecule has 0 saturated carbocycles. The third-order valence-corrected chi connectivity index (χ3v) is 4.60. The van der Waals surface area contributed by atoms with Crippen LogP contribution in [0.15, 0.2) is 24.3 Å². The minimum absolute atomic E-state index is 0.0137. The summed E-state index contributed by atoms with van der Waals surface area (Å²) in [6.07, 6.45) is 1.88. The summed E-state index contributed by atoms with van der Waals surface area (Å²) < 4.78 is 5.47. The zero-order valence-corrected chi connectivity index (χ0v) is 15.9. The Balaban J connectivity index is 1.76. The first-order chi connectivity index (χ1) is 12.9. The van der Waals surface area contributed by atoms with E-state index in [0.29, 0.717) is 50.4 Å². The van der Waals surface area contributed by atoms with Crippen LogP contribution in [0, 0.1) is 11.8 Å². The van der Waals surface area contributed by atoms with E-state index >= 15 is 0 Å². The molecule has 0 spiro atoms. The lowest BCUT2D eigenvalue weighted by molar-refractivity contribution is -0.137. The standard InChI is InChI=1S/C20H28N2O5/c1-14(2)20(26)22-11-9-15(10-12-22)19(25)21-16-5-7-17(8-6-16)27-13-3-4-18(23)24/h5-8,14-15H,3-4,9-13H2,1-2H3,(H,21,25)(H,23,24). The topological polar surface area (TPSA) is 95.9 Å². The van der Waals surface area contributed by atoms with Gasteiger partial charge in [0.1, 0.15) is 5.75 Å². The van der Waals surface area contributed by atoms with E-state index in [1.165, 1.54) is 0 Å². The Labute approximate surface area is 159 Å². The fourth-order valence-corrected chi connectivity index (χ4v) is 3.02. The van der Waals surface area contributed by atoms with Crippen LogP contribution in [0.2, 0.25) is 0 Å². The van der Waals surface area contributed by atoms with Gasteiger partial charge in [0.2, 0.25) is 11.8 Å². The van der Waals surface area contributed by atoms with Crippen LogP contribution in [0.5, 0.6) is 5.75 Å². The Bertz CT molecular complexity index is 649. The van der Waals surface area contributed by atoms with E-state index in [1.54, 1.807) is 24.3 Å². The summed E-state index contributed by atoms with van der Waals surface area (Å²) in [5, 5.41) is 11.5. The normalized spacial score (nSPS) is 14.9. The second-order valence-electron chi connectivity index (χ2n) is 7.11. The average Bonchev–Trinajstić information content (AvgIpc) is 2.65. The smallest absolute Gasteiger partial charge is 0.303 e. The predicted octanol–water partition coefficient (Wildman–Crippen LogP) is 2.76. The van der Waals surface area contributed by atoms with Crippen LogP contribution in [-0.4, -0.2) is 47.5 Å². The molecular formula is C20H28N2O5. The van der Waals surface area contributed by atoms with Crippen LogP contribution in [0.4, 0.5) is 5.69 Å². The number of carboxylic acid groups (broad SMARTS) is 1. The quantitative estimate of drug-likeness (QED) is 0.680. The molecule has 1 aromatic carbocycles. The number of hydrogen-bond donors (Lipinski definition) is 2. The number of amides is 2. The zero-order valence-electron chi connectivity index (χ0n) is 15.9. The second-order valence-corrected chi connectivity index (χ2v) is 7.11. The maximum atomic E-state index is 12.4. The summed E-state index contributed by atoms with van der Waals surface area (Å²) in [5.74, 6) is -0.182. The Hall–Kier alpha value is -2.57. The summed E-state index contributed by atoms with van der Waals surface area (Å²) in [4.78, 5) is 36.7. The van der Waals surface area contributed by atoms with Crippen molar-refractivity contribution in [1.29, 1.82) is 0 Å². The van der Waals surface area contributed by atoms with Gasteiger partial charge in [-0.3, -0.25) is 14.4 Å². The number of ether oxygens (including phenoxy) is 1. The highest BCUT2D eigenvalue weighted by Gasteiger charge is 2.28. The molecule has 0 unspecified atom stereocenters. The lowest BCUT2D eigenvalue weighted by Crippen LogP contribution is -2.43. The van der Waals surface area contributed by atoms with E-state index in [0.717, 1.165) is 0 Å². The van der Waals surface area contributed by atoms with Crippen molar-refractivity contribution in [3.05, 3.63) is 24.3 Å². The third-order valence-electron chi connectivity index (χ3n) is 4.60. The number of anilines is 1. The molecule has 1 aliphatic heterocycles. The number of aliphatic carboxylic acids is 1. The van der Waals surface area contributed by atoms with Gasteiger partial charge in [0, 0.05) is 37.0 Å². The molecule has 148 valence electrons. The van der Waals surface area contributed by atoms with Crippen molar-refractivity contribution in [1.82, 2.24) is 4.90 Å². The molecule has 1 aliphatic rings. The summed E-state index contributed by atoms with van der Waals surface area (Å²) in [7, 11) is 0. The first kappa shape index (κ1) is 20.7. The molecular weight excluding hydrogens is 348 g/mol. The predicted molar refractivity (Wildman–Crippen MR) is 102 cm³/mol. The van der Waals surface area contributed by atoms with E-state index < -0.39 is 5.97 Å². The van der Waals surface area contributed by atoms with Crippen molar-refractivity contribution in [2.75, 3.05) is 25.0 Å². The highest BCUT2D eigenvalue weighted by Crippen LogP contribution is 2.22. The van der Waals surface area contributed by atoms with Crippen molar-refractivity contribution in [2.45, 2.75) is 39.5 Å². The molecule has 0 atom stereocenters. The van der Waals surface area contributed by atoms with Crippen LogP contribution >= 0.6 is 0 Å². The first-order valence-electron chi connectivity index (χ1n) is 9.41. The molecule has 27 heavy (non-hydrogen) atoms. The van der Waals surface area contributed by atoms with Gasteiger partial charge in [0.15, 0.2) is 0 Å². The van der Waals surface area contributed by atoms with Crippen LogP contribution in [0.1, 0.15) is 39.5 Å². The van der Waals surface area contributed by atoms with Gasteiger partial charge < -0.3 is 20.1 Å². The maximum Gasteiger partial charge on any atom is 0.303 e. The number of benzene rings is 1. The van der Waals surface area contributed by atoms with Crippen molar-refractivity contribution in [3.8, 4) is 5.75 Å². The number of rotatable bonds is 8. The van der Waals surface area contributed by atoms with Crippen molar-refractivity contribution < 1.29 is 24.2 Å². The SMILES string of the molecule is CC(C)C(=O)N1CCC(C(=O)Nc2ccc(OCCCC(=O)O)cc2)CC1. The van der Waals surface area contributed by atoms with Crippen molar-refractivity contribution in [3.63, 3.8) is 0 Å². The number of carbonyl (C=O) groups is 3. The van der Waals surface area contributed by atoms with Gasteiger partial charge in [-0.1, -0.05) is 13.8 Å².